The fraction of sp³-hybridized carbons (Fsp3) is 0.706. The molecule has 0 saturated carbocycles. The van der Waals surface area contributed by atoms with E-state index < -0.39 is 6.10 Å². The number of ether oxygens (including phenoxy) is 3. The minimum atomic E-state index is -0.799. The van der Waals surface area contributed by atoms with E-state index in [-0.39, 0.29) is 31.1 Å². The lowest BCUT2D eigenvalue weighted by Gasteiger charge is -2.18. The van der Waals surface area contributed by atoms with Crippen LogP contribution in [0.2, 0.25) is 0 Å². The van der Waals surface area contributed by atoms with E-state index in [1.165, 1.54) is 64.2 Å². The Kier molecular flexibility index (Phi) is 43.0. The van der Waals surface area contributed by atoms with Gasteiger partial charge < -0.3 is 14.2 Å². The number of rotatable bonds is 41. The predicted molar refractivity (Wildman–Crippen MR) is 242 cm³/mol. The smallest absolute Gasteiger partial charge is 0.306 e. The molecule has 0 aliphatic heterocycles. The Morgan fingerprint density at radius 1 is 0.368 bits per heavy atom. The number of unbranched alkanes of at least 4 members (excludes halogenated alkanes) is 18. The van der Waals surface area contributed by atoms with Crippen LogP contribution in [0, 0.1) is 0 Å². The molecule has 0 rings (SSSR count). The van der Waals surface area contributed by atoms with Crippen LogP contribution in [0.3, 0.4) is 0 Å². The first kappa shape index (κ1) is 53.9. The molecule has 57 heavy (non-hydrogen) atoms. The average Bonchev–Trinajstić information content (AvgIpc) is 3.21. The number of allylic oxidation sites excluding steroid dienone is 12. The van der Waals surface area contributed by atoms with Gasteiger partial charge in [-0.3, -0.25) is 14.4 Å². The molecule has 6 nitrogen and oxygen atoms in total. The minimum absolute atomic E-state index is 0.0993. The van der Waals surface area contributed by atoms with Crippen molar-refractivity contribution in [2.45, 2.75) is 219 Å². The molecule has 0 fully saturated rings. The second-order valence-electron chi connectivity index (χ2n) is 15.2. The Hall–Kier alpha value is -3.15. The summed E-state index contributed by atoms with van der Waals surface area (Å²) in [6.07, 6.45) is 56.1. The van der Waals surface area contributed by atoms with Crippen molar-refractivity contribution in [2.24, 2.45) is 0 Å². The van der Waals surface area contributed by atoms with Crippen molar-refractivity contribution in [2.75, 3.05) is 13.2 Å². The molecule has 0 amide bonds. The number of carbonyl (C=O) groups is 3. The van der Waals surface area contributed by atoms with E-state index in [2.05, 4.69) is 93.7 Å². The normalized spacial score (nSPS) is 12.7. The summed E-state index contributed by atoms with van der Waals surface area (Å²) in [6.45, 7) is 6.33. The highest BCUT2D eigenvalue weighted by atomic mass is 16.6. The first-order chi connectivity index (χ1) is 28.0. The monoisotopic (exact) mass is 795 g/mol. The lowest BCUT2D eigenvalue weighted by atomic mass is 10.1. The molecule has 0 aromatic heterocycles. The van der Waals surface area contributed by atoms with E-state index in [1.807, 2.05) is 0 Å². The van der Waals surface area contributed by atoms with Crippen LogP contribution in [0.4, 0.5) is 0 Å². The maximum Gasteiger partial charge on any atom is 0.306 e. The van der Waals surface area contributed by atoms with Crippen LogP contribution in [0.1, 0.15) is 213 Å². The van der Waals surface area contributed by atoms with Crippen LogP contribution in [0.25, 0.3) is 0 Å². The molecule has 0 bridgehead atoms. The number of esters is 3. The molecule has 0 saturated heterocycles. The van der Waals surface area contributed by atoms with Crippen LogP contribution in [0.15, 0.2) is 72.9 Å². The molecule has 0 aliphatic rings. The van der Waals surface area contributed by atoms with Crippen molar-refractivity contribution in [3.05, 3.63) is 72.9 Å². The van der Waals surface area contributed by atoms with Gasteiger partial charge in [0, 0.05) is 19.3 Å². The first-order valence-electron chi connectivity index (χ1n) is 23.4. The van der Waals surface area contributed by atoms with Crippen LogP contribution < -0.4 is 0 Å². The lowest BCUT2D eigenvalue weighted by molar-refractivity contribution is -0.167. The topological polar surface area (TPSA) is 78.9 Å². The lowest BCUT2D eigenvalue weighted by Crippen LogP contribution is -2.30. The zero-order valence-electron chi connectivity index (χ0n) is 37.1. The van der Waals surface area contributed by atoms with Crippen molar-refractivity contribution < 1.29 is 28.6 Å². The number of hydrogen-bond donors (Lipinski definition) is 0. The largest absolute Gasteiger partial charge is 0.462 e. The molecule has 0 aromatic rings. The molecular weight excluding hydrogens is 709 g/mol. The van der Waals surface area contributed by atoms with Gasteiger partial charge in [0.05, 0.1) is 0 Å². The highest BCUT2D eigenvalue weighted by Gasteiger charge is 2.19. The molecule has 0 N–H and O–H groups in total. The van der Waals surface area contributed by atoms with Gasteiger partial charge in [0.2, 0.25) is 0 Å². The summed E-state index contributed by atoms with van der Waals surface area (Å²) in [5.74, 6) is -0.970. The molecule has 0 aromatic carbocycles. The maximum absolute atomic E-state index is 12.7. The molecule has 1 atom stereocenters. The van der Waals surface area contributed by atoms with Crippen molar-refractivity contribution in [1.82, 2.24) is 0 Å². The summed E-state index contributed by atoms with van der Waals surface area (Å²) < 4.78 is 16.6. The third-order valence-electron chi connectivity index (χ3n) is 9.68. The van der Waals surface area contributed by atoms with Crippen molar-refractivity contribution in [1.29, 1.82) is 0 Å². The summed E-state index contributed by atoms with van der Waals surface area (Å²) in [7, 11) is 0. The Balaban J connectivity index is 4.41. The van der Waals surface area contributed by atoms with Crippen LogP contribution >= 0.6 is 0 Å². The van der Waals surface area contributed by atoms with Gasteiger partial charge in [-0.25, -0.2) is 0 Å². The fourth-order valence-corrected chi connectivity index (χ4v) is 6.19. The Morgan fingerprint density at radius 2 is 0.684 bits per heavy atom. The van der Waals surface area contributed by atoms with Gasteiger partial charge in [0.25, 0.3) is 0 Å². The van der Waals surface area contributed by atoms with Gasteiger partial charge in [-0.1, -0.05) is 164 Å². The van der Waals surface area contributed by atoms with Gasteiger partial charge in [0.15, 0.2) is 6.10 Å². The van der Waals surface area contributed by atoms with Crippen molar-refractivity contribution in [3.8, 4) is 0 Å². The van der Waals surface area contributed by atoms with Gasteiger partial charge in [-0.2, -0.15) is 0 Å². The Morgan fingerprint density at radius 3 is 1.14 bits per heavy atom. The molecule has 0 heterocycles. The van der Waals surface area contributed by atoms with E-state index in [0.29, 0.717) is 19.3 Å². The summed E-state index contributed by atoms with van der Waals surface area (Å²) >= 11 is 0. The quantitative estimate of drug-likeness (QED) is 0.0265. The molecule has 0 aliphatic carbocycles. The molecular formula is C51H86O6. The van der Waals surface area contributed by atoms with E-state index in [0.717, 1.165) is 109 Å². The van der Waals surface area contributed by atoms with Crippen molar-refractivity contribution >= 4 is 17.9 Å². The second kappa shape index (κ2) is 45.6. The first-order valence-corrected chi connectivity index (χ1v) is 23.4. The number of carbonyl (C=O) groups excluding carboxylic acids is 3. The molecule has 6 heteroatoms. The third kappa shape index (κ3) is 43.8. The van der Waals surface area contributed by atoms with Crippen LogP contribution in [0.5, 0.6) is 0 Å². The fourth-order valence-electron chi connectivity index (χ4n) is 6.19. The SMILES string of the molecule is CC/C=C\C/C=C\C/C=C\CCCCCCCCC(=O)OCC(COC(=O)CCCC/C=C\C/C=C\CC)OC(=O)CCCCC/C=C\CCCCCCCCC. The summed E-state index contributed by atoms with van der Waals surface area (Å²) in [5, 5.41) is 0. The van der Waals surface area contributed by atoms with Gasteiger partial charge in [-0.15, -0.1) is 0 Å². The molecule has 1 unspecified atom stereocenters. The van der Waals surface area contributed by atoms with E-state index >= 15 is 0 Å². The van der Waals surface area contributed by atoms with Crippen molar-refractivity contribution in [3.63, 3.8) is 0 Å². The molecule has 0 spiro atoms. The minimum Gasteiger partial charge on any atom is -0.462 e. The summed E-state index contributed by atoms with van der Waals surface area (Å²) in [6, 6.07) is 0. The zero-order chi connectivity index (χ0) is 41.5. The zero-order valence-corrected chi connectivity index (χ0v) is 37.1. The second-order valence-corrected chi connectivity index (χ2v) is 15.2. The predicted octanol–water partition coefficient (Wildman–Crippen LogP) is 15.1. The standard InChI is InChI=1S/C51H86O6/c1-4-7-10-13-16-19-21-23-25-26-28-29-32-35-38-41-44-50(53)56-47-48(46-55-49(52)43-40-37-34-31-18-15-12-9-6-3)57-51(54)45-42-39-36-33-30-27-24-22-20-17-14-11-8-5-2/h7,9-10,12,16,18-19,23,25,27,30-31,48H,4-6,8,11,13-15,17,20-22,24,26,28-29,32-47H2,1-3H3/b10-7-,12-9-,19-16-,25-23-,30-27-,31-18-. The van der Waals surface area contributed by atoms with E-state index in [4.69, 9.17) is 14.2 Å². The third-order valence-corrected chi connectivity index (χ3v) is 9.68. The van der Waals surface area contributed by atoms with E-state index in [9.17, 15) is 14.4 Å². The number of hydrogen-bond acceptors (Lipinski definition) is 6. The van der Waals surface area contributed by atoms with Crippen LogP contribution in [-0.4, -0.2) is 37.2 Å². The van der Waals surface area contributed by atoms with Gasteiger partial charge in [0.1, 0.15) is 13.2 Å². The molecule has 0 radical (unpaired) electrons. The average molecular weight is 795 g/mol. The summed E-state index contributed by atoms with van der Waals surface area (Å²) in [5.41, 5.74) is 0. The van der Waals surface area contributed by atoms with Gasteiger partial charge >= 0.3 is 17.9 Å². The Bertz CT molecular complexity index is 1100. The summed E-state index contributed by atoms with van der Waals surface area (Å²) in [4.78, 5) is 37.7. The Labute approximate surface area is 351 Å². The van der Waals surface area contributed by atoms with Gasteiger partial charge in [-0.05, 0) is 103 Å². The highest BCUT2D eigenvalue weighted by molar-refractivity contribution is 5.71. The van der Waals surface area contributed by atoms with E-state index in [1.54, 1.807) is 0 Å². The van der Waals surface area contributed by atoms with Crippen LogP contribution in [-0.2, 0) is 28.6 Å². The molecule has 326 valence electrons. The maximum atomic E-state index is 12.7. The highest BCUT2D eigenvalue weighted by Crippen LogP contribution is 2.13.